The zero-order valence-corrected chi connectivity index (χ0v) is 10.7. The second-order valence-electron chi connectivity index (χ2n) is 4.22. The van der Waals surface area contributed by atoms with Gasteiger partial charge in [0.2, 0.25) is 5.91 Å². The summed E-state index contributed by atoms with van der Waals surface area (Å²) in [6, 6.07) is 0.892. The van der Waals surface area contributed by atoms with Crippen LogP contribution in [0.15, 0.2) is 12.3 Å². The molecule has 1 aromatic heterocycles. The Balaban J connectivity index is 2.44. The van der Waals surface area contributed by atoms with E-state index in [1.807, 2.05) is 0 Å². The molecular weight excluding hydrogens is 250 g/mol. The van der Waals surface area contributed by atoms with Crippen molar-refractivity contribution in [3.8, 4) is 0 Å². The number of aryl methyl sites for hydroxylation is 1. The van der Waals surface area contributed by atoms with Crippen molar-refractivity contribution in [1.29, 1.82) is 0 Å². The van der Waals surface area contributed by atoms with Gasteiger partial charge < -0.3 is 14.7 Å². The summed E-state index contributed by atoms with van der Waals surface area (Å²) in [5, 5.41) is 9.23. The minimum absolute atomic E-state index is 0.217. The second-order valence-corrected chi connectivity index (χ2v) is 4.22. The van der Waals surface area contributed by atoms with Crippen LogP contribution in [0.4, 0.5) is 0 Å². The largest absolute Gasteiger partial charge is 0.479 e. The Labute approximate surface area is 110 Å². The maximum atomic E-state index is 11.8. The lowest BCUT2D eigenvalue weighted by Gasteiger charge is -2.38. The Morgan fingerprint density at radius 2 is 2.37 bits per heavy atom. The van der Waals surface area contributed by atoms with Gasteiger partial charge in [-0.25, -0.2) is 14.8 Å². The standard InChI is InChI=1S/C12H15N3O4/c1-3-15-9(16)6-19-11(12(17)18)10(15)8-4-5-13-7(2)14-8/h4-5,10-11H,3,6H2,1-2H3,(H,17,18). The predicted octanol–water partition coefficient (Wildman–Crippen LogP) is 0.158. The van der Waals surface area contributed by atoms with Gasteiger partial charge in [-0.05, 0) is 19.9 Å². The molecule has 0 bridgehead atoms. The fourth-order valence-electron chi connectivity index (χ4n) is 2.19. The van der Waals surface area contributed by atoms with Gasteiger partial charge in [0.1, 0.15) is 18.5 Å². The molecule has 0 spiro atoms. The maximum Gasteiger partial charge on any atom is 0.335 e. The number of carbonyl (C=O) groups excluding carboxylic acids is 1. The third kappa shape index (κ3) is 2.55. The number of carbonyl (C=O) groups is 2. The van der Waals surface area contributed by atoms with Crippen molar-refractivity contribution in [3.05, 3.63) is 23.8 Å². The second kappa shape index (κ2) is 5.31. The van der Waals surface area contributed by atoms with E-state index in [1.165, 1.54) is 4.90 Å². The summed E-state index contributed by atoms with van der Waals surface area (Å²) in [7, 11) is 0. The van der Waals surface area contributed by atoms with Gasteiger partial charge in [0.25, 0.3) is 0 Å². The van der Waals surface area contributed by atoms with Gasteiger partial charge in [-0.3, -0.25) is 4.79 Å². The van der Waals surface area contributed by atoms with E-state index in [0.29, 0.717) is 18.1 Å². The molecule has 2 heterocycles. The molecule has 1 amide bonds. The van der Waals surface area contributed by atoms with E-state index >= 15 is 0 Å². The summed E-state index contributed by atoms with van der Waals surface area (Å²) >= 11 is 0. The van der Waals surface area contributed by atoms with E-state index in [4.69, 9.17) is 4.74 Å². The third-order valence-electron chi connectivity index (χ3n) is 3.01. The number of likely N-dealkylation sites (N-methyl/N-ethyl adjacent to an activating group) is 1. The van der Waals surface area contributed by atoms with Crippen LogP contribution in [0.1, 0.15) is 24.5 Å². The zero-order valence-electron chi connectivity index (χ0n) is 10.7. The van der Waals surface area contributed by atoms with Crippen molar-refractivity contribution in [2.45, 2.75) is 26.0 Å². The molecule has 1 saturated heterocycles. The van der Waals surface area contributed by atoms with Crippen LogP contribution < -0.4 is 0 Å². The number of morpholine rings is 1. The first-order chi connectivity index (χ1) is 9.04. The number of aromatic nitrogens is 2. The first-order valence-corrected chi connectivity index (χ1v) is 5.98. The Hall–Kier alpha value is -2.02. The lowest BCUT2D eigenvalue weighted by atomic mass is 10.0. The Bertz CT molecular complexity index is 504. The van der Waals surface area contributed by atoms with Gasteiger partial charge in [0, 0.05) is 12.7 Å². The topological polar surface area (TPSA) is 92.6 Å². The van der Waals surface area contributed by atoms with Gasteiger partial charge >= 0.3 is 5.97 Å². The van der Waals surface area contributed by atoms with Crippen LogP contribution >= 0.6 is 0 Å². The van der Waals surface area contributed by atoms with Crippen LogP contribution in [-0.4, -0.2) is 51.1 Å². The number of amides is 1. The summed E-state index contributed by atoms with van der Waals surface area (Å²) in [6.07, 6.45) is 0.440. The molecular formula is C12H15N3O4. The van der Waals surface area contributed by atoms with E-state index in [9.17, 15) is 14.7 Å². The number of aliphatic carboxylic acids is 1. The molecule has 7 nitrogen and oxygen atoms in total. The smallest absolute Gasteiger partial charge is 0.335 e. The maximum absolute atomic E-state index is 11.8. The molecule has 1 N–H and O–H groups in total. The van der Waals surface area contributed by atoms with Gasteiger partial charge in [-0.15, -0.1) is 0 Å². The average Bonchev–Trinajstić information content (AvgIpc) is 2.37. The summed E-state index contributed by atoms with van der Waals surface area (Å²) < 4.78 is 5.14. The van der Waals surface area contributed by atoms with Crippen molar-refractivity contribution < 1.29 is 19.4 Å². The molecule has 19 heavy (non-hydrogen) atoms. The number of nitrogens with zero attached hydrogens (tertiary/aromatic N) is 3. The molecule has 7 heteroatoms. The van der Waals surface area contributed by atoms with Crippen LogP contribution in [-0.2, 0) is 14.3 Å². The predicted molar refractivity (Wildman–Crippen MR) is 64.3 cm³/mol. The molecule has 1 fully saturated rings. The third-order valence-corrected chi connectivity index (χ3v) is 3.01. The molecule has 102 valence electrons. The Morgan fingerprint density at radius 3 is 2.95 bits per heavy atom. The number of hydrogen-bond donors (Lipinski definition) is 1. The molecule has 0 radical (unpaired) electrons. The number of hydrogen-bond acceptors (Lipinski definition) is 5. The summed E-state index contributed by atoms with van der Waals surface area (Å²) in [5.74, 6) is -0.816. The fourth-order valence-corrected chi connectivity index (χ4v) is 2.19. The highest BCUT2D eigenvalue weighted by Crippen LogP contribution is 2.28. The van der Waals surface area contributed by atoms with Crippen LogP contribution in [0.5, 0.6) is 0 Å². The van der Waals surface area contributed by atoms with Gasteiger partial charge in [0.05, 0.1) is 5.69 Å². The quantitative estimate of drug-likeness (QED) is 0.836. The highest BCUT2D eigenvalue weighted by molar-refractivity contribution is 5.82. The molecule has 0 aliphatic carbocycles. The Kier molecular flexibility index (Phi) is 3.75. The van der Waals surface area contributed by atoms with E-state index in [1.54, 1.807) is 26.1 Å². The highest BCUT2D eigenvalue weighted by atomic mass is 16.5. The first-order valence-electron chi connectivity index (χ1n) is 5.98. The van der Waals surface area contributed by atoms with Crippen molar-refractivity contribution in [2.24, 2.45) is 0 Å². The molecule has 1 aliphatic heterocycles. The van der Waals surface area contributed by atoms with E-state index in [0.717, 1.165) is 0 Å². The average molecular weight is 265 g/mol. The van der Waals surface area contributed by atoms with Gasteiger partial charge in [0.15, 0.2) is 6.10 Å². The minimum Gasteiger partial charge on any atom is -0.479 e. The number of carboxylic acids is 1. The highest BCUT2D eigenvalue weighted by Gasteiger charge is 2.42. The first kappa shape index (κ1) is 13.4. The van der Waals surface area contributed by atoms with Crippen LogP contribution in [0.25, 0.3) is 0 Å². The molecule has 1 aliphatic rings. The normalized spacial score (nSPS) is 23.5. The molecule has 1 aromatic rings. The number of ether oxygens (including phenoxy) is 1. The van der Waals surface area contributed by atoms with Crippen LogP contribution in [0.3, 0.4) is 0 Å². The van der Waals surface area contributed by atoms with E-state index < -0.39 is 18.1 Å². The lowest BCUT2D eigenvalue weighted by Crippen LogP contribution is -2.52. The van der Waals surface area contributed by atoms with Crippen molar-refractivity contribution in [3.63, 3.8) is 0 Å². The summed E-state index contributed by atoms with van der Waals surface area (Å²) in [4.78, 5) is 32.8. The number of carboxylic acid groups (broad SMARTS) is 1. The SMILES string of the molecule is CCN1C(=O)COC(C(=O)O)C1c1ccnc(C)n1. The Morgan fingerprint density at radius 1 is 1.63 bits per heavy atom. The molecule has 2 atom stereocenters. The van der Waals surface area contributed by atoms with Crippen LogP contribution in [0, 0.1) is 6.92 Å². The molecule has 2 rings (SSSR count). The fraction of sp³-hybridized carbons (Fsp3) is 0.500. The summed E-state index contributed by atoms with van der Waals surface area (Å²) in [6.45, 7) is 3.69. The zero-order chi connectivity index (χ0) is 14.0. The number of rotatable bonds is 3. The van der Waals surface area contributed by atoms with E-state index in [-0.39, 0.29) is 12.5 Å². The van der Waals surface area contributed by atoms with Crippen LogP contribution in [0.2, 0.25) is 0 Å². The molecule has 2 unspecified atom stereocenters. The van der Waals surface area contributed by atoms with Gasteiger partial charge in [-0.2, -0.15) is 0 Å². The monoisotopic (exact) mass is 265 g/mol. The molecule has 0 aromatic carbocycles. The lowest BCUT2D eigenvalue weighted by molar-refractivity contribution is -0.173. The molecule has 0 saturated carbocycles. The van der Waals surface area contributed by atoms with Crippen molar-refractivity contribution in [2.75, 3.05) is 13.2 Å². The minimum atomic E-state index is -1.10. The van der Waals surface area contributed by atoms with Crippen molar-refractivity contribution >= 4 is 11.9 Å². The summed E-state index contributed by atoms with van der Waals surface area (Å²) in [5.41, 5.74) is 0.481. The van der Waals surface area contributed by atoms with Crippen molar-refractivity contribution in [1.82, 2.24) is 14.9 Å². The van der Waals surface area contributed by atoms with E-state index in [2.05, 4.69) is 9.97 Å². The van der Waals surface area contributed by atoms with Gasteiger partial charge in [-0.1, -0.05) is 0 Å².